The smallest absolute Gasteiger partial charge is 0.225 e. The number of hydrogen-bond acceptors (Lipinski definition) is 6. The van der Waals surface area contributed by atoms with Gasteiger partial charge in [-0.1, -0.05) is 48.9 Å². The summed E-state index contributed by atoms with van der Waals surface area (Å²) in [6.07, 6.45) is 0.976. The van der Waals surface area contributed by atoms with Gasteiger partial charge >= 0.3 is 0 Å². The molecule has 0 aliphatic heterocycles. The third-order valence-electron chi connectivity index (χ3n) is 4.07. The van der Waals surface area contributed by atoms with Crippen LogP contribution >= 0.6 is 11.6 Å². The third kappa shape index (κ3) is 4.64. The van der Waals surface area contributed by atoms with Crippen molar-refractivity contribution in [2.45, 2.75) is 13.3 Å². The van der Waals surface area contributed by atoms with E-state index in [1.165, 1.54) is 0 Å². The van der Waals surface area contributed by atoms with E-state index in [1.54, 1.807) is 26.4 Å². The van der Waals surface area contributed by atoms with E-state index in [2.05, 4.69) is 27.5 Å². The Kier molecular flexibility index (Phi) is 6.55. The Labute approximate surface area is 169 Å². The number of methoxy groups -OCH3 is 2. The lowest BCUT2D eigenvalue weighted by Crippen LogP contribution is -2.07. The Hall–Kier alpha value is -2.99. The lowest BCUT2D eigenvalue weighted by atomic mass is 10.1. The SMILES string of the molecule is CCCNc1nc(Nc2cc(OC)c(Cl)cc2OC)cc(-c2ccccc2)n1. The molecule has 3 rings (SSSR count). The van der Waals surface area contributed by atoms with E-state index in [0.29, 0.717) is 34.0 Å². The van der Waals surface area contributed by atoms with Crippen molar-refractivity contribution in [2.75, 3.05) is 31.4 Å². The molecule has 1 heterocycles. The number of hydrogen-bond donors (Lipinski definition) is 2. The zero-order chi connectivity index (χ0) is 19.9. The summed E-state index contributed by atoms with van der Waals surface area (Å²) >= 11 is 6.20. The number of aromatic nitrogens is 2. The zero-order valence-corrected chi connectivity index (χ0v) is 16.9. The molecule has 0 unspecified atom stereocenters. The monoisotopic (exact) mass is 398 g/mol. The van der Waals surface area contributed by atoms with Crippen LogP contribution in [-0.4, -0.2) is 30.7 Å². The van der Waals surface area contributed by atoms with Crippen molar-refractivity contribution in [2.24, 2.45) is 0 Å². The van der Waals surface area contributed by atoms with Gasteiger partial charge in [-0.3, -0.25) is 0 Å². The first kappa shape index (κ1) is 19.8. The number of nitrogens with one attached hydrogen (secondary N) is 2. The number of halogens is 1. The van der Waals surface area contributed by atoms with Crippen molar-refractivity contribution >= 4 is 29.1 Å². The first-order valence-corrected chi connectivity index (χ1v) is 9.39. The van der Waals surface area contributed by atoms with Gasteiger partial charge < -0.3 is 20.1 Å². The van der Waals surface area contributed by atoms with Gasteiger partial charge in [0.05, 0.1) is 30.6 Å². The number of rotatable bonds is 8. The first-order chi connectivity index (χ1) is 13.6. The van der Waals surface area contributed by atoms with Crippen molar-refractivity contribution in [1.82, 2.24) is 9.97 Å². The molecule has 0 saturated heterocycles. The molecule has 146 valence electrons. The van der Waals surface area contributed by atoms with Crippen LogP contribution in [0.1, 0.15) is 13.3 Å². The number of anilines is 3. The molecule has 0 radical (unpaired) electrons. The highest BCUT2D eigenvalue weighted by molar-refractivity contribution is 6.32. The second kappa shape index (κ2) is 9.28. The molecule has 6 nitrogen and oxygen atoms in total. The molecular formula is C21H23ClN4O2. The quantitative estimate of drug-likeness (QED) is 0.531. The van der Waals surface area contributed by atoms with E-state index in [-0.39, 0.29) is 0 Å². The molecule has 0 saturated carbocycles. The highest BCUT2D eigenvalue weighted by Gasteiger charge is 2.13. The van der Waals surface area contributed by atoms with E-state index in [1.807, 2.05) is 36.4 Å². The van der Waals surface area contributed by atoms with Gasteiger partial charge in [0.2, 0.25) is 5.95 Å². The normalized spacial score (nSPS) is 10.4. The lowest BCUT2D eigenvalue weighted by molar-refractivity contribution is 0.405. The van der Waals surface area contributed by atoms with Crippen molar-refractivity contribution < 1.29 is 9.47 Å². The van der Waals surface area contributed by atoms with E-state index in [4.69, 9.17) is 21.1 Å². The van der Waals surface area contributed by atoms with Gasteiger partial charge in [-0.2, -0.15) is 4.98 Å². The van der Waals surface area contributed by atoms with Gasteiger partial charge in [0, 0.05) is 30.3 Å². The van der Waals surface area contributed by atoms with Crippen molar-refractivity contribution in [1.29, 1.82) is 0 Å². The Morgan fingerprint density at radius 2 is 1.71 bits per heavy atom. The summed E-state index contributed by atoms with van der Waals surface area (Å²) in [6, 6.07) is 15.4. The predicted octanol–water partition coefficient (Wildman–Crippen LogP) is 5.38. The van der Waals surface area contributed by atoms with Gasteiger partial charge in [0.1, 0.15) is 17.3 Å². The molecule has 0 atom stereocenters. The molecule has 0 spiro atoms. The molecule has 0 aliphatic rings. The van der Waals surface area contributed by atoms with Gasteiger partial charge in [0.15, 0.2) is 0 Å². The van der Waals surface area contributed by atoms with Crippen LogP contribution in [0.4, 0.5) is 17.5 Å². The maximum atomic E-state index is 6.20. The molecule has 0 amide bonds. The van der Waals surface area contributed by atoms with Crippen LogP contribution in [0.5, 0.6) is 11.5 Å². The standard InChI is InChI=1S/C21H23ClN4O2/c1-4-10-23-21-25-16(14-8-6-5-7-9-14)13-20(26-21)24-17-12-18(27-2)15(22)11-19(17)28-3/h5-9,11-13H,4,10H2,1-3H3,(H2,23,24,25,26). The van der Waals surface area contributed by atoms with Crippen LogP contribution in [0, 0.1) is 0 Å². The summed E-state index contributed by atoms with van der Waals surface area (Å²) in [5.74, 6) is 2.33. The fraction of sp³-hybridized carbons (Fsp3) is 0.238. The summed E-state index contributed by atoms with van der Waals surface area (Å²) in [6.45, 7) is 2.88. The Morgan fingerprint density at radius 1 is 0.964 bits per heavy atom. The van der Waals surface area contributed by atoms with Gasteiger partial charge in [0.25, 0.3) is 0 Å². The van der Waals surface area contributed by atoms with Crippen molar-refractivity contribution in [3.63, 3.8) is 0 Å². The molecule has 0 fully saturated rings. The summed E-state index contributed by atoms with van der Waals surface area (Å²) in [5.41, 5.74) is 2.52. The van der Waals surface area contributed by atoms with E-state index in [0.717, 1.165) is 24.2 Å². The van der Waals surface area contributed by atoms with Crippen LogP contribution in [0.25, 0.3) is 11.3 Å². The average molecular weight is 399 g/mol. The Morgan fingerprint density at radius 3 is 2.39 bits per heavy atom. The molecule has 0 bridgehead atoms. The number of benzene rings is 2. The maximum Gasteiger partial charge on any atom is 0.225 e. The minimum absolute atomic E-state index is 0.475. The Bertz CT molecular complexity index is 935. The fourth-order valence-corrected chi connectivity index (χ4v) is 2.91. The molecule has 1 aromatic heterocycles. The fourth-order valence-electron chi connectivity index (χ4n) is 2.68. The molecule has 3 aromatic rings. The van der Waals surface area contributed by atoms with E-state index in [9.17, 15) is 0 Å². The highest BCUT2D eigenvalue weighted by atomic mass is 35.5. The average Bonchev–Trinajstić information content (AvgIpc) is 2.73. The van der Waals surface area contributed by atoms with Gasteiger partial charge in [-0.05, 0) is 6.42 Å². The minimum atomic E-state index is 0.475. The molecule has 28 heavy (non-hydrogen) atoms. The maximum absolute atomic E-state index is 6.20. The van der Waals surface area contributed by atoms with Crippen LogP contribution in [0.15, 0.2) is 48.5 Å². The second-order valence-electron chi connectivity index (χ2n) is 6.07. The summed E-state index contributed by atoms with van der Waals surface area (Å²) in [4.78, 5) is 9.22. The van der Waals surface area contributed by atoms with Gasteiger partial charge in [-0.15, -0.1) is 0 Å². The summed E-state index contributed by atoms with van der Waals surface area (Å²) < 4.78 is 10.8. The summed E-state index contributed by atoms with van der Waals surface area (Å²) in [5, 5.41) is 7.02. The Balaban J connectivity index is 2.01. The van der Waals surface area contributed by atoms with E-state index >= 15 is 0 Å². The molecular weight excluding hydrogens is 376 g/mol. The molecule has 0 aliphatic carbocycles. The third-order valence-corrected chi connectivity index (χ3v) is 4.36. The second-order valence-corrected chi connectivity index (χ2v) is 6.47. The lowest BCUT2D eigenvalue weighted by Gasteiger charge is -2.15. The van der Waals surface area contributed by atoms with Crippen LogP contribution in [0.2, 0.25) is 5.02 Å². The number of nitrogens with zero attached hydrogens (tertiary/aromatic N) is 2. The first-order valence-electron chi connectivity index (χ1n) is 9.01. The summed E-state index contributed by atoms with van der Waals surface area (Å²) in [7, 11) is 3.16. The minimum Gasteiger partial charge on any atom is -0.495 e. The molecule has 2 aromatic carbocycles. The molecule has 2 N–H and O–H groups in total. The van der Waals surface area contributed by atoms with Crippen molar-refractivity contribution in [3.8, 4) is 22.8 Å². The molecule has 7 heteroatoms. The highest BCUT2D eigenvalue weighted by Crippen LogP contribution is 2.37. The zero-order valence-electron chi connectivity index (χ0n) is 16.1. The van der Waals surface area contributed by atoms with Crippen LogP contribution in [0.3, 0.4) is 0 Å². The van der Waals surface area contributed by atoms with E-state index < -0.39 is 0 Å². The van der Waals surface area contributed by atoms with Crippen LogP contribution < -0.4 is 20.1 Å². The largest absolute Gasteiger partial charge is 0.495 e. The van der Waals surface area contributed by atoms with Crippen LogP contribution in [-0.2, 0) is 0 Å². The number of ether oxygens (including phenoxy) is 2. The van der Waals surface area contributed by atoms with Gasteiger partial charge in [-0.25, -0.2) is 4.98 Å². The van der Waals surface area contributed by atoms with Crippen molar-refractivity contribution in [3.05, 3.63) is 53.6 Å². The topological polar surface area (TPSA) is 68.3 Å². The predicted molar refractivity (Wildman–Crippen MR) is 114 cm³/mol.